The predicted molar refractivity (Wildman–Crippen MR) is 112 cm³/mol. The highest BCUT2D eigenvalue weighted by atomic mass is 16.6. The van der Waals surface area contributed by atoms with Crippen LogP contribution in [-0.2, 0) is 4.79 Å². The molecular formula is C22H26N2O7. The zero-order valence-corrected chi connectivity index (χ0v) is 17.7. The molecule has 0 unspecified atom stereocenters. The van der Waals surface area contributed by atoms with Gasteiger partial charge in [-0.2, -0.15) is 0 Å². The van der Waals surface area contributed by atoms with Gasteiger partial charge in [-0.3, -0.25) is 20.4 Å². The van der Waals surface area contributed by atoms with Crippen LogP contribution < -0.4 is 34.5 Å². The third-order valence-corrected chi connectivity index (χ3v) is 4.27. The van der Waals surface area contributed by atoms with Gasteiger partial charge in [0.2, 0.25) is 11.9 Å². The predicted octanol–water partition coefficient (Wildman–Crippen LogP) is 2.48. The van der Waals surface area contributed by atoms with Crippen LogP contribution in [0.3, 0.4) is 0 Å². The zero-order chi connectivity index (χ0) is 22.2. The summed E-state index contributed by atoms with van der Waals surface area (Å²) < 4.78 is 28.0. The molecule has 9 heteroatoms. The maximum absolute atomic E-state index is 12.7. The van der Waals surface area contributed by atoms with Crippen LogP contribution >= 0.6 is 0 Å². The summed E-state index contributed by atoms with van der Waals surface area (Å²) in [4.78, 5) is 25.1. The van der Waals surface area contributed by atoms with Crippen molar-refractivity contribution in [3.63, 3.8) is 0 Å². The van der Waals surface area contributed by atoms with Crippen LogP contribution in [0.25, 0.3) is 0 Å². The molecule has 0 aromatic heterocycles. The molecule has 9 nitrogen and oxygen atoms in total. The Morgan fingerprint density at radius 3 is 2.16 bits per heavy atom. The largest absolute Gasteiger partial charge is 0.490 e. The molecule has 3 rings (SSSR count). The van der Waals surface area contributed by atoms with E-state index in [2.05, 4.69) is 10.9 Å². The smallest absolute Gasteiger partial charge is 0.283 e. The molecule has 1 aliphatic rings. The van der Waals surface area contributed by atoms with E-state index >= 15 is 0 Å². The van der Waals surface area contributed by atoms with Crippen LogP contribution in [0.15, 0.2) is 36.4 Å². The van der Waals surface area contributed by atoms with Crippen molar-refractivity contribution in [1.29, 1.82) is 0 Å². The van der Waals surface area contributed by atoms with E-state index in [1.807, 2.05) is 26.8 Å². The monoisotopic (exact) mass is 430 g/mol. The molecule has 2 amide bonds. The van der Waals surface area contributed by atoms with Gasteiger partial charge in [-0.25, -0.2) is 0 Å². The maximum Gasteiger partial charge on any atom is 0.283 e. The minimum Gasteiger partial charge on any atom is -0.490 e. The highest BCUT2D eigenvalue weighted by molar-refractivity contribution is 5.97. The van der Waals surface area contributed by atoms with Crippen molar-refractivity contribution in [1.82, 2.24) is 10.9 Å². The lowest BCUT2D eigenvalue weighted by Crippen LogP contribution is -2.50. The van der Waals surface area contributed by atoms with Crippen LogP contribution in [0.4, 0.5) is 0 Å². The fraction of sp³-hybridized carbons (Fsp3) is 0.364. The maximum atomic E-state index is 12.7. The van der Waals surface area contributed by atoms with Gasteiger partial charge < -0.3 is 23.7 Å². The number of carbonyl (C=O) groups is 2. The number of rotatable bonds is 8. The second-order valence-corrected chi connectivity index (χ2v) is 6.41. The molecule has 1 aliphatic heterocycles. The number of nitrogens with one attached hydrogen (secondary N) is 2. The quantitative estimate of drug-likeness (QED) is 0.620. The molecule has 166 valence electrons. The first kappa shape index (κ1) is 22.1. The molecule has 0 saturated carbocycles. The zero-order valence-electron chi connectivity index (χ0n) is 17.7. The Morgan fingerprint density at radius 2 is 1.55 bits per heavy atom. The van der Waals surface area contributed by atoms with Gasteiger partial charge in [-0.1, -0.05) is 12.1 Å². The first-order chi connectivity index (χ1) is 15.1. The number of para-hydroxylation sites is 2. The van der Waals surface area contributed by atoms with E-state index in [4.69, 9.17) is 23.7 Å². The standard InChI is InChI=1S/C22H26N2O7/c1-4-27-17-11-14(12-18(28-5-2)20(17)29-6-3)21(25)23-24-22(26)19-13-30-15-9-7-8-10-16(15)31-19/h7-12,19H,4-6,13H2,1-3H3,(H,23,25)(H,24,26)/t19-/m0/s1. The molecule has 1 atom stereocenters. The summed E-state index contributed by atoms with van der Waals surface area (Å²) in [7, 11) is 0. The molecule has 0 radical (unpaired) electrons. The van der Waals surface area contributed by atoms with E-state index in [1.54, 1.807) is 18.2 Å². The Hall–Kier alpha value is -3.62. The van der Waals surface area contributed by atoms with Crippen LogP contribution in [0.5, 0.6) is 28.7 Å². The molecule has 31 heavy (non-hydrogen) atoms. The third-order valence-electron chi connectivity index (χ3n) is 4.27. The average Bonchev–Trinajstić information content (AvgIpc) is 2.79. The summed E-state index contributed by atoms with van der Waals surface area (Å²) in [6.45, 7) is 6.71. The number of benzene rings is 2. The van der Waals surface area contributed by atoms with E-state index in [1.165, 1.54) is 12.1 Å². The van der Waals surface area contributed by atoms with Gasteiger partial charge in [0, 0.05) is 5.56 Å². The summed E-state index contributed by atoms with van der Waals surface area (Å²) in [6, 6.07) is 10.1. The second-order valence-electron chi connectivity index (χ2n) is 6.41. The van der Waals surface area contributed by atoms with E-state index in [9.17, 15) is 9.59 Å². The van der Waals surface area contributed by atoms with Crippen LogP contribution in [-0.4, -0.2) is 44.3 Å². The normalized spacial score (nSPS) is 14.4. The van der Waals surface area contributed by atoms with Crippen molar-refractivity contribution >= 4 is 11.8 Å². The first-order valence-electron chi connectivity index (χ1n) is 10.1. The molecular weight excluding hydrogens is 404 g/mol. The Bertz CT molecular complexity index is 905. The molecule has 0 fully saturated rings. The van der Waals surface area contributed by atoms with E-state index < -0.39 is 17.9 Å². The number of fused-ring (bicyclic) bond motifs is 1. The third kappa shape index (κ3) is 5.30. The highest BCUT2D eigenvalue weighted by Crippen LogP contribution is 2.39. The lowest BCUT2D eigenvalue weighted by molar-refractivity contribution is -0.131. The second kappa shape index (κ2) is 10.4. The van der Waals surface area contributed by atoms with Gasteiger partial charge in [-0.05, 0) is 45.0 Å². The highest BCUT2D eigenvalue weighted by Gasteiger charge is 2.28. The number of carbonyl (C=O) groups excluding carboxylic acids is 2. The molecule has 0 bridgehead atoms. The van der Waals surface area contributed by atoms with Crippen molar-refractivity contribution in [2.24, 2.45) is 0 Å². The molecule has 0 aliphatic carbocycles. The fourth-order valence-corrected chi connectivity index (χ4v) is 2.94. The van der Waals surface area contributed by atoms with Crippen LogP contribution in [0.2, 0.25) is 0 Å². The van der Waals surface area contributed by atoms with Crippen molar-refractivity contribution in [2.45, 2.75) is 26.9 Å². The van der Waals surface area contributed by atoms with Crippen molar-refractivity contribution in [3.8, 4) is 28.7 Å². The lowest BCUT2D eigenvalue weighted by atomic mass is 10.1. The Kier molecular flexibility index (Phi) is 7.42. The number of ether oxygens (including phenoxy) is 5. The van der Waals surface area contributed by atoms with Gasteiger partial charge in [0.1, 0.15) is 6.61 Å². The SMILES string of the molecule is CCOc1cc(C(=O)NNC(=O)[C@@H]2COc3ccccc3O2)cc(OCC)c1OCC. The average molecular weight is 430 g/mol. The molecule has 0 spiro atoms. The Labute approximate surface area is 180 Å². The lowest BCUT2D eigenvalue weighted by Gasteiger charge is -2.25. The number of amides is 2. The summed E-state index contributed by atoms with van der Waals surface area (Å²) in [5.74, 6) is 1.14. The molecule has 1 heterocycles. The first-order valence-corrected chi connectivity index (χ1v) is 10.1. The molecule has 2 aromatic rings. The van der Waals surface area contributed by atoms with Crippen molar-refractivity contribution < 1.29 is 33.3 Å². The summed E-state index contributed by atoms with van der Waals surface area (Å²) in [5, 5.41) is 0. The van der Waals surface area contributed by atoms with Gasteiger partial charge in [0.15, 0.2) is 23.0 Å². The summed E-state index contributed by atoms with van der Waals surface area (Å²) in [6.07, 6.45) is -0.895. The minimum absolute atomic E-state index is 0.0325. The number of hydrazine groups is 1. The fourth-order valence-electron chi connectivity index (χ4n) is 2.94. The van der Waals surface area contributed by atoms with E-state index in [0.717, 1.165) is 0 Å². The Morgan fingerprint density at radius 1 is 0.935 bits per heavy atom. The summed E-state index contributed by atoms with van der Waals surface area (Å²) in [5.41, 5.74) is 4.99. The number of hydrogen-bond acceptors (Lipinski definition) is 7. The van der Waals surface area contributed by atoms with Crippen molar-refractivity contribution in [2.75, 3.05) is 26.4 Å². The van der Waals surface area contributed by atoms with Gasteiger partial charge in [-0.15, -0.1) is 0 Å². The number of hydrogen-bond donors (Lipinski definition) is 2. The Balaban J connectivity index is 1.69. The van der Waals surface area contributed by atoms with Crippen molar-refractivity contribution in [3.05, 3.63) is 42.0 Å². The van der Waals surface area contributed by atoms with Gasteiger partial charge in [0.05, 0.1) is 19.8 Å². The molecule has 2 aromatic carbocycles. The van der Waals surface area contributed by atoms with Crippen LogP contribution in [0.1, 0.15) is 31.1 Å². The van der Waals surface area contributed by atoms with Gasteiger partial charge >= 0.3 is 0 Å². The topological polar surface area (TPSA) is 104 Å². The van der Waals surface area contributed by atoms with Gasteiger partial charge in [0.25, 0.3) is 11.8 Å². The molecule has 0 saturated heterocycles. The van der Waals surface area contributed by atoms with E-state index in [-0.39, 0.29) is 12.2 Å². The van der Waals surface area contributed by atoms with E-state index in [0.29, 0.717) is 48.6 Å². The molecule has 2 N–H and O–H groups in total. The summed E-state index contributed by atoms with van der Waals surface area (Å²) >= 11 is 0. The minimum atomic E-state index is -0.895. The van der Waals surface area contributed by atoms with Crippen LogP contribution in [0, 0.1) is 0 Å².